The summed E-state index contributed by atoms with van der Waals surface area (Å²) < 4.78 is 9.08. The van der Waals surface area contributed by atoms with Crippen LogP contribution in [0.1, 0.15) is 68.0 Å². The number of carbonyl (C=O) groups excluding carboxylic acids is 2. The van der Waals surface area contributed by atoms with Crippen molar-refractivity contribution in [3.63, 3.8) is 0 Å². The molecule has 0 aliphatic heterocycles. The van der Waals surface area contributed by atoms with E-state index in [1.807, 2.05) is 38.1 Å². The summed E-state index contributed by atoms with van der Waals surface area (Å²) in [7, 11) is 1.60. The monoisotopic (exact) mass is 416 g/mol. The molecule has 8 heteroatoms. The predicted octanol–water partition coefficient (Wildman–Crippen LogP) is 3.59. The van der Waals surface area contributed by atoms with E-state index in [2.05, 4.69) is 14.9 Å². The highest BCUT2D eigenvalue weighted by Crippen LogP contribution is 2.29. The first-order chi connectivity index (χ1) is 14.0. The lowest BCUT2D eigenvalue weighted by atomic mass is 10.00. The van der Waals surface area contributed by atoms with Crippen LogP contribution in [0, 0.1) is 0 Å². The lowest BCUT2D eigenvalue weighted by Gasteiger charge is -2.36. The van der Waals surface area contributed by atoms with Gasteiger partial charge in [-0.15, -0.1) is 5.10 Å². The maximum Gasteiger partial charge on any atom is 0.276 e. The zero-order valence-electron chi connectivity index (χ0n) is 17.1. The molecule has 29 heavy (non-hydrogen) atoms. The molecular weight excluding hydrogens is 388 g/mol. The smallest absolute Gasteiger partial charge is 0.276 e. The fourth-order valence-electron chi connectivity index (χ4n) is 3.73. The number of amides is 2. The third-order valence-electron chi connectivity index (χ3n) is 5.54. The first kappa shape index (κ1) is 21.2. The van der Waals surface area contributed by atoms with E-state index in [0.717, 1.165) is 42.8 Å². The predicted molar refractivity (Wildman–Crippen MR) is 112 cm³/mol. The van der Waals surface area contributed by atoms with Crippen LogP contribution >= 0.6 is 11.5 Å². The molecule has 3 rings (SSSR count). The van der Waals surface area contributed by atoms with Crippen molar-refractivity contribution in [3.8, 4) is 5.75 Å². The fourth-order valence-corrected chi connectivity index (χ4v) is 4.16. The zero-order chi connectivity index (χ0) is 20.8. The first-order valence-electron chi connectivity index (χ1n) is 10.1. The Labute approximate surface area is 175 Å². The third-order valence-corrected chi connectivity index (χ3v) is 6.04. The maximum absolute atomic E-state index is 13.4. The summed E-state index contributed by atoms with van der Waals surface area (Å²) in [6.45, 7) is 3.96. The first-order valence-corrected chi connectivity index (χ1v) is 10.9. The van der Waals surface area contributed by atoms with Gasteiger partial charge in [-0.25, -0.2) is 0 Å². The molecule has 2 amide bonds. The standard InChI is InChI=1S/C21H28N4O3S/c1-4-14(2)25(21(27)18-13-29-24-23-18)19(15-9-11-17(28-3)12-10-15)20(26)22-16-7-5-6-8-16/h9-14,16,19H,4-8H2,1-3H3,(H,22,26)/t14-,19+/m1/s1. The van der Waals surface area contributed by atoms with Crippen LogP contribution in [0.2, 0.25) is 0 Å². The molecular formula is C21H28N4O3S. The van der Waals surface area contributed by atoms with E-state index in [0.29, 0.717) is 12.2 Å². The van der Waals surface area contributed by atoms with Crippen LogP contribution in [0.25, 0.3) is 0 Å². The van der Waals surface area contributed by atoms with E-state index in [-0.39, 0.29) is 29.6 Å². The van der Waals surface area contributed by atoms with Gasteiger partial charge in [0.2, 0.25) is 5.91 Å². The molecule has 1 aliphatic carbocycles. The van der Waals surface area contributed by atoms with E-state index >= 15 is 0 Å². The van der Waals surface area contributed by atoms with E-state index in [4.69, 9.17) is 4.74 Å². The maximum atomic E-state index is 13.4. The highest BCUT2D eigenvalue weighted by Gasteiger charge is 2.36. The Balaban J connectivity index is 1.98. The number of nitrogens with zero attached hydrogens (tertiary/aromatic N) is 3. The molecule has 2 aromatic rings. The van der Waals surface area contributed by atoms with Gasteiger partial charge in [0.1, 0.15) is 11.8 Å². The number of benzene rings is 1. The van der Waals surface area contributed by atoms with Gasteiger partial charge in [0, 0.05) is 17.5 Å². The van der Waals surface area contributed by atoms with Crippen molar-refractivity contribution in [1.82, 2.24) is 19.8 Å². The van der Waals surface area contributed by atoms with Gasteiger partial charge in [0.05, 0.1) is 7.11 Å². The molecule has 0 unspecified atom stereocenters. The molecule has 1 heterocycles. The Morgan fingerprint density at radius 2 is 1.97 bits per heavy atom. The zero-order valence-corrected chi connectivity index (χ0v) is 17.9. The Bertz CT molecular complexity index is 804. The summed E-state index contributed by atoms with van der Waals surface area (Å²) in [5.41, 5.74) is 1.01. The van der Waals surface area contributed by atoms with E-state index in [9.17, 15) is 9.59 Å². The average Bonchev–Trinajstić information content (AvgIpc) is 3.45. The molecule has 0 radical (unpaired) electrons. The summed E-state index contributed by atoms with van der Waals surface area (Å²) in [5, 5.41) is 8.74. The molecule has 1 N–H and O–H groups in total. The largest absolute Gasteiger partial charge is 0.497 e. The van der Waals surface area contributed by atoms with E-state index < -0.39 is 6.04 Å². The summed E-state index contributed by atoms with van der Waals surface area (Å²) in [6, 6.07) is 6.60. The Kier molecular flexibility index (Phi) is 7.19. The van der Waals surface area contributed by atoms with Crippen molar-refractivity contribution in [2.45, 2.75) is 64.1 Å². The molecule has 1 aromatic heterocycles. The van der Waals surface area contributed by atoms with Crippen LogP contribution < -0.4 is 10.1 Å². The minimum atomic E-state index is -0.745. The van der Waals surface area contributed by atoms with Crippen molar-refractivity contribution < 1.29 is 14.3 Å². The number of ether oxygens (including phenoxy) is 1. The van der Waals surface area contributed by atoms with Crippen molar-refractivity contribution in [2.75, 3.05) is 7.11 Å². The van der Waals surface area contributed by atoms with Gasteiger partial charge in [-0.1, -0.05) is 36.4 Å². The van der Waals surface area contributed by atoms with Crippen molar-refractivity contribution in [3.05, 3.63) is 40.9 Å². The molecule has 1 aliphatic rings. The minimum absolute atomic E-state index is 0.148. The fraction of sp³-hybridized carbons (Fsp3) is 0.524. The number of hydrogen-bond donors (Lipinski definition) is 1. The van der Waals surface area contributed by atoms with Gasteiger partial charge < -0.3 is 15.0 Å². The molecule has 0 saturated heterocycles. The summed E-state index contributed by atoms with van der Waals surface area (Å²) in [5.74, 6) is 0.267. The van der Waals surface area contributed by atoms with E-state index in [1.54, 1.807) is 17.4 Å². The number of methoxy groups -OCH3 is 1. The van der Waals surface area contributed by atoms with Gasteiger partial charge in [-0.3, -0.25) is 9.59 Å². The Hall–Kier alpha value is -2.48. The Morgan fingerprint density at radius 1 is 1.28 bits per heavy atom. The van der Waals surface area contributed by atoms with Crippen LogP contribution in [-0.2, 0) is 4.79 Å². The average molecular weight is 417 g/mol. The van der Waals surface area contributed by atoms with Crippen LogP contribution in [0.3, 0.4) is 0 Å². The second-order valence-electron chi connectivity index (χ2n) is 7.43. The van der Waals surface area contributed by atoms with Gasteiger partial charge in [-0.2, -0.15) is 0 Å². The SMILES string of the molecule is CC[C@@H](C)N(C(=O)c1csnn1)[C@H](C(=O)NC1CCCC1)c1ccc(OC)cc1. The number of aromatic nitrogens is 2. The molecule has 0 bridgehead atoms. The quantitative estimate of drug-likeness (QED) is 0.711. The highest BCUT2D eigenvalue weighted by molar-refractivity contribution is 7.03. The molecule has 7 nitrogen and oxygen atoms in total. The van der Waals surface area contributed by atoms with Crippen LogP contribution in [0.5, 0.6) is 5.75 Å². The van der Waals surface area contributed by atoms with E-state index in [1.165, 1.54) is 0 Å². The summed E-state index contributed by atoms with van der Waals surface area (Å²) in [4.78, 5) is 28.4. The third kappa shape index (κ3) is 4.93. The number of hydrogen-bond acceptors (Lipinski definition) is 6. The lowest BCUT2D eigenvalue weighted by Crippen LogP contribution is -2.49. The molecule has 1 fully saturated rings. The highest BCUT2D eigenvalue weighted by atomic mass is 32.1. The normalized spacial score (nSPS) is 16.2. The molecule has 2 atom stereocenters. The van der Waals surface area contributed by atoms with Crippen LogP contribution in [0.15, 0.2) is 29.6 Å². The number of nitrogens with one attached hydrogen (secondary N) is 1. The molecule has 1 aromatic carbocycles. The number of carbonyl (C=O) groups is 2. The second kappa shape index (κ2) is 9.82. The van der Waals surface area contributed by atoms with Crippen molar-refractivity contribution >= 4 is 23.3 Å². The Morgan fingerprint density at radius 3 is 2.52 bits per heavy atom. The van der Waals surface area contributed by atoms with Crippen LogP contribution in [0.4, 0.5) is 0 Å². The van der Waals surface area contributed by atoms with Gasteiger partial charge in [0.15, 0.2) is 5.69 Å². The van der Waals surface area contributed by atoms with Crippen molar-refractivity contribution in [2.24, 2.45) is 0 Å². The molecule has 156 valence electrons. The summed E-state index contributed by atoms with van der Waals surface area (Å²) >= 11 is 1.13. The van der Waals surface area contributed by atoms with Gasteiger partial charge >= 0.3 is 0 Å². The van der Waals surface area contributed by atoms with Gasteiger partial charge in [0.25, 0.3) is 5.91 Å². The summed E-state index contributed by atoms with van der Waals surface area (Å²) in [6.07, 6.45) is 4.92. The lowest BCUT2D eigenvalue weighted by molar-refractivity contribution is -0.127. The van der Waals surface area contributed by atoms with Crippen LogP contribution in [-0.4, -0.2) is 45.5 Å². The molecule has 0 spiro atoms. The topological polar surface area (TPSA) is 84.4 Å². The second-order valence-corrected chi connectivity index (χ2v) is 8.04. The van der Waals surface area contributed by atoms with Crippen molar-refractivity contribution in [1.29, 1.82) is 0 Å². The molecule has 1 saturated carbocycles. The number of rotatable bonds is 8. The van der Waals surface area contributed by atoms with Gasteiger partial charge in [-0.05, 0) is 55.4 Å². The minimum Gasteiger partial charge on any atom is -0.497 e.